The lowest BCUT2D eigenvalue weighted by atomic mass is 9.90. The summed E-state index contributed by atoms with van der Waals surface area (Å²) in [6, 6.07) is 13.5. The van der Waals surface area contributed by atoms with Gasteiger partial charge >= 0.3 is 0 Å². The van der Waals surface area contributed by atoms with Crippen molar-refractivity contribution in [2.75, 3.05) is 11.1 Å². The number of carbonyl (C=O) groups excluding carboxylic acids is 1. The van der Waals surface area contributed by atoms with Crippen LogP contribution in [0.5, 0.6) is 0 Å². The molecule has 1 amide bonds. The van der Waals surface area contributed by atoms with E-state index in [1.165, 1.54) is 29.3 Å². The van der Waals surface area contributed by atoms with E-state index in [0.29, 0.717) is 22.9 Å². The molecule has 2 aromatic carbocycles. The Kier molecular flexibility index (Phi) is 5.53. The number of hydrogen-bond donors (Lipinski definition) is 1. The average Bonchev–Trinajstić information content (AvgIpc) is 3.25. The van der Waals surface area contributed by atoms with Crippen molar-refractivity contribution in [1.29, 1.82) is 0 Å². The first kappa shape index (κ1) is 20.5. The number of amides is 1. The SMILES string of the molecule is C=CCn1c(=O)c2ccccc2n2c(SCC(=O)Nc3cccc4c3CCCC4)nnc12. The Balaban J connectivity index is 1.43. The van der Waals surface area contributed by atoms with Crippen molar-refractivity contribution in [3.8, 4) is 0 Å². The first-order valence-corrected chi connectivity index (χ1v) is 11.7. The molecule has 1 aliphatic carbocycles. The Labute approximate surface area is 189 Å². The normalized spacial score (nSPS) is 13.2. The van der Waals surface area contributed by atoms with Crippen LogP contribution in [0.1, 0.15) is 24.0 Å². The summed E-state index contributed by atoms with van der Waals surface area (Å²) in [4.78, 5) is 25.7. The Morgan fingerprint density at radius 1 is 1.12 bits per heavy atom. The van der Waals surface area contributed by atoms with Gasteiger partial charge in [0.25, 0.3) is 5.56 Å². The van der Waals surface area contributed by atoms with Gasteiger partial charge in [-0.05, 0) is 55.0 Å². The molecule has 4 aromatic rings. The number of aromatic nitrogens is 4. The minimum absolute atomic E-state index is 0.0885. The summed E-state index contributed by atoms with van der Waals surface area (Å²) in [6.45, 7) is 4.07. The first-order valence-electron chi connectivity index (χ1n) is 10.7. The van der Waals surface area contributed by atoms with Gasteiger partial charge in [0.15, 0.2) is 5.16 Å². The van der Waals surface area contributed by atoms with Gasteiger partial charge in [0.1, 0.15) is 0 Å². The molecule has 0 radical (unpaired) electrons. The molecule has 32 heavy (non-hydrogen) atoms. The molecule has 7 nitrogen and oxygen atoms in total. The maximum atomic E-state index is 12.9. The molecule has 162 valence electrons. The van der Waals surface area contributed by atoms with E-state index in [1.807, 2.05) is 34.7 Å². The molecule has 5 rings (SSSR count). The number of aryl methyl sites for hydroxylation is 1. The number of thioether (sulfide) groups is 1. The minimum Gasteiger partial charge on any atom is -0.325 e. The van der Waals surface area contributed by atoms with Gasteiger partial charge in [-0.3, -0.25) is 18.6 Å². The van der Waals surface area contributed by atoms with Gasteiger partial charge in [0.05, 0.1) is 16.7 Å². The molecule has 0 spiro atoms. The zero-order valence-electron chi connectivity index (χ0n) is 17.6. The highest BCUT2D eigenvalue weighted by Gasteiger charge is 2.18. The van der Waals surface area contributed by atoms with Gasteiger partial charge in [-0.2, -0.15) is 0 Å². The van der Waals surface area contributed by atoms with Gasteiger partial charge in [-0.1, -0.05) is 42.1 Å². The van der Waals surface area contributed by atoms with E-state index < -0.39 is 0 Å². The van der Waals surface area contributed by atoms with Crippen LogP contribution in [0.25, 0.3) is 16.7 Å². The van der Waals surface area contributed by atoms with Crippen LogP contribution in [0.2, 0.25) is 0 Å². The lowest BCUT2D eigenvalue weighted by Crippen LogP contribution is -2.23. The third kappa shape index (κ3) is 3.60. The van der Waals surface area contributed by atoms with E-state index >= 15 is 0 Å². The van der Waals surface area contributed by atoms with Gasteiger partial charge in [0, 0.05) is 12.2 Å². The summed E-state index contributed by atoms with van der Waals surface area (Å²) in [5, 5.41) is 12.7. The highest BCUT2D eigenvalue weighted by molar-refractivity contribution is 7.99. The highest BCUT2D eigenvalue weighted by atomic mass is 32.2. The van der Waals surface area contributed by atoms with E-state index in [2.05, 4.69) is 28.2 Å². The zero-order chi connectivity index (χ0) is 22.1. The van der Waals surface area contributed by atoms with Crippen LogP contribution >= 0.6 is 11.8 Å². The second kappa shape index (κ2) is 8.63. The van der Waals surface area contributed by atoms with Crippen LogP contribution in [-0.4, -0.2) is 30.8 Å². The third-order valence-electron chi connectivity index (χ3n) is 5.79. The van der Waals surface area contributed by atoms with Crippen molar-refractivity contribution < 1.29 is 4.79 Å². The van der Waals surface area contributed by atoms with E-state index in [4.69, 9.17) is 0 Å². The number of nitrogens with zero attached hydrogens (tertiary/aromatic N) is 4. The van der Waals surface area contributed by atoms with Crippen LogP contribution < -0.4 is 10.9 Å². The van der Waals surface area contributed by atoms with Crippen molar-refractivity contribution in [3.05, 3.63) is 76.6 Å². The molecule has 1 aliphatic rings. The van der Waals surface area contributed by atoms with E-state index in [9.17, 15) is 9.59 Å². The zero-order valence-corrected chi connectivity index (χ0v) is 18.4. The summed E-state index contributed by atoms with van der Waals surface area (Å²) in [5.41, 5.74) is 4.08. The van der Waals surface area contributed by atoms with Crippen molar-refractivity contribution >= 4 is 40.0 Å². The van der Waals surface area contributed by atoms with Gasteiger partial charge < -0.3 is 5.32 Å². The van der Waals surface area contributed by atoms with Crippen molar-refractivity contribution in [2.45, 2.75) is 37.4 Å². The molecular formula is C24H23N5O2S. The summed E-state index contributed by atoms with van der Waals surface area (Å²) in [5.74, 6) is 0.544. The van der Waals surface area contributed by atoms with Crippen LogP contribution in [-0.2, 0) is 24.2 Å². The van der Waals surface area contributed by atoms with Crippen LogP contribution in [0.3, 0.4) is 0 Å². The fourth-order valence-corrected chi connectivity index (χ4v) is 5.08. The van der Waals surface area contributed by atoms with Crippen LogP contribution in [0.4, 0.5) is 5.69 Å². The molecule has 8 heteroatoms. The quantitative estimate of drug-likeness (QED) is 0.360. The standard InChI is InChI=1S/C24H23N5O2S/c1-2-14-28-22(31)18-11-5-6-13-20(18)29-23(28)26-27-24(29)32-15-21(30)25-19-12-7-9-16-8-3-4-10-17(16)19/h2,5-7,9,11-13H,1,3-4,8,10,14-15H2,(H,25,30). The third-order valence-corrected chi connectivity index (χ3v) is 6.72. The average molecular weight is 446 g/mol. The van der Waals surface area contributed by atoms with E-state index in [0.717, 1.165) is 30.5 Å². The second-order valence-corrected chi connectivity index (χ2v) is 8.77. The molecule has 0 fully saturated rings. The molecule has 2 aromatic heterocycles. The Morgan fingerprint density at radius 2 is 1.97 bits per heavy atom. The van der Waals surface area contributed by atoms with Crippen molar-refractivity contribution in [1.82, 2.24) is 19.2 Å². The molecule has 1 N–H and O–H groups in total. The second-order valence-electron chi connectivity index (χ2n) is 7.83. The number of fused-ring (bicyclic) bond motifs is 4. The highest BCUT2D eigenvalue weighted by Crippen LogP contribution is 2.28. The summed E-state index contributed by atoms with van der Waals surface area (Å²) in [7, 11) is 0. The predicted molar refractivity (Wildman–Crippen MR) is 127 cm³/mol. The Hall–Kier alpha value is -3.39. The molecule has 0 saturated heterocycles. The largest absolute Gasteiger partial charge is 0.325 e. The predicted octanol–water partition coefficient (Wildman–Crippen LogP) is 3.84. The van der Waals surface area contributed by atoms with Crippen LogP contribution in [0, 0.1) is 0 Å². The van der Waals surface area contributed by atoms with E-state index in [-0.39, 0.29) is 17.2 Å². The lowest BCUT2D eigenvalue weighted by Gasteiger charge is -2.19. The summed E-state index contributed by atoms with van der Waals surface area (Å²) >= 11 is 1.30. The monoisotopic (exact) mass is 445 g/mol. The lowest BCUT2D eigenvalue weighted by molar-refractivity contribution is -0.113. The van der Waals surface area contributed by atoms with E-state index in [1.54, 1.807) is 16.7 Å². The summed E-state index contributed by atoms with van der Waals surface area (Å²) < 4.78 is 3.38. The molecule has 0 unspecified atom stereocenters. The topological polar surface area (TPSA) is 81.3 Å². The number of hydrogen-bond acceptors (Lipinski definition) is 5. The number of carbonyl (C=O) groups is 1. The van der Waals surface area contributed by atoms with Gasteiger partial charge in [-0.25, -0.2) is 0 Å². The number of nitrogens with one attached hydrogen (secondary N) is 1. The molecule has 0 saturated carbocycles. The Morgan fingerprint density at radius 3 is 2.84 bits per heavy atom. The Bertz CT molecular complexity index is 1410. The molecule has 0 atom stereocenters. The maximum Gasteiger partial charge on any atom is 0.263 e. The number of benzene rings is 2. The number of anilines is 1. The fourth-order valence-electron chi connectivity index (χ4n) is 4.34. The van der Waals surface area contributed by atoms with Gasteiger partial charge in [0.2, 0.25) is 11.7 Å². The molecule has 0 bridgehead atoms. The fraction of sp³-hybridized carbons (Fsp3) is 0.250. The maximum absolute atomic E-state index is 12.9. The molecule has 2 heterocycles. The number of allylic oxidation sites excluding steroid dienone is 1. The van der Waals surface area contributed by atoms with Crippen molar-refractivity contribution in [2.24, 2.45) is 0 Å². The molecular weight excluding hydrogens is 422 g/mol. The number of para-hydroxylation sites is 1. The minimum atomic E-state index is -0.136. The first-order chi connectivity index (χ1) is 15.7. The van der Waals surface area contributed by atoms with Crippen molar-refractivity contribution in [3.63, 3.8) is 0 Å². The number of rotatable bonds is 6. The molecule has 0 aliphatic heterocycles. The van der Waals surface area contributed by atoms with Crippen LogP contribution in [0.15, 0.2) is 65.1 Å². The van der Waals surface area contributed by atoms with Gasteiger partial charge in [-0.15, -0.1) is 16.8 Å². The summed E-state index contributed by atoms with van der Waals surface area (Å²) in [6.07, 6.45) is 6.08. The smallest absolute Gasteiger partial charge is 0.263 e.